The fourth-order valence-electron chi connectivity index (χ4n) is 2.47. The van der Waals surface area contributed by atoms with Crippen LogP contribution in [0.4, 0.5) is 0 Å². The number of unbranched alkanes of at least 4 members (excludes halogenated alkanes) is 2. The maximum Gasteiger partial charge on any atom is 0.325 e. The highest BCUT2D eigenvalue weighted by atomic mass is 31.2. The number of aryl methyl sites for hydroxylation is 1. The van der Waals surface area contributed by atoms with Gasteiger partial charge in [0.05, 0.1) is 31.3 Å². The van der Waals surface area contributed by atoms with Crippen LogP contribution < -0.4 is 10.5 Å². The minimum Gasteiger partial charge on any atom is -0.497 e. The molecule has 0 saturated heterocycles. The van der Waals surface area contributed by atoms with Gasteiger partial charge in [-0.2, -0.15) is 0 Å². The van der Waals surface area contributed by atoms with Gasteiger partial charge in [0.1, 0.15) is 11.6 Å². The first kappa shape index (κ1) is 17.9. The van der Waals surface area contributed by atoms with Crippen molar-refractivity contribution in [3.05, 3.63) is 24.0 Å². The molecule has 1 aromatic heterocycles. The maximum absolute atomic E-state index is 11.0. The van der Waals surface area contributed by atoms with Crippen LogP contribution in [0.1, 0.15) is 25.1 Å². The Balaban J connectivity index is 1.97. The van der Waals surface area contributed by atoms with Crippen LogP contribution in [0.5, 0.6) is 5.75 Å². The third kappa shape index (κ3) is 5.04. The Bertz CT molecular complexity index is 695. The molecule has 0 amide bonds. The van der Waals surface area contributed by atoms with Crippen LogP contribution in [-0.4, -0.2) is 34.8 Å². The second kappa shape index (κ2) is 7.93. The van der Waals surface area contributed by atoms with E-state index >= 15 is 0 Å². The molecule has 3 N–H and O–H groups in total. The molecule has 128 valence electrons. The summed E-state index contributed by atoms with van der Waals surface area (Å²) in [5.41, 5.74) is 7.70. The lowest BCUT2D eigenvalue weighted by Gasteiger charge is -2.09. The van der Waals surface area contributed by atoms with Crippen LogP contribution in [0.25, 0.3) is 11.0 Å². The number of imidazole rings is 1. The van der Waals surface area contributed by atoms with Crippen molar-refractivity contribution >= 4 is 18.6 Å². The Hall–Kier alpha value is -1.40. The average molecular weight is 341 g/mol. The summed E-state index contributed by atoms with van der Waals surface area (Å²) in [5.74, 6) is 1.63. The van der Waals surface area contributed by atoms with E-state index in [-0.39, 0.29) is 0 Å². The van der Waals surface area contributed by atoms with Crippen molar-refractivity contribution < 1.29 is 18.7 Å². The van der Waals surface area contributed by atoms with Gasteiger partial charge in [-0.25, -0.2) is 4.98 Å². The fraction of sp³-hybridized carbons (Fsp3) is 0.533. The molecule has 1 unspecified atom stereocenters. The monoisotopic (exact) mass is 341 g/mol. The molecule has 0 spiro atoms. The highest BCUT2D eigenvalue weighted by molar-refractivity contribution is 7.51. The van der Waals surface area contributed by atoms with E-state index in [0.717, 1.165) is 48.4 Å². The van der Waals surface area contributed by atoms with E-state index in [1.165, 1.54) is 6.66 Å². The number of nitrogens with zero attached hydrogens (tertiary/aromatic N) is 2. The third-order valence-electron chi connectivity index (χ3n) is 3.57. The van der Waals surface area contributed by atoms with Gasteiger partial charge < -0.3 is 24.5 Å². The van der Waals surface area contributed by atoms with Gasteiger partial charge in [-0.1, -0.05) is 0 Å². The van der Waals surface area contributed by atoms with Crippen LogP contribution in [0, 0.1) is 0 Å². The molecule has 0 aliphatic heterocycles. The lowest BCUT2D eigenvalue weighted by molar-refractivity contribution is 0.257. The van der Waals surface area contributed by atoms with Gasteiger partial charge in [0, 0.05) is 19.3 Å². The minimum absolute atomic E-state index is 0.298. The molecule has 1 atom stereocenters. The number of hydrogen-bond donors (Lipinski definition) is 2. The molecule has 0 fully saturated rings. The Morgan fingerprint density at radius 1 is 1.35 bits per heavy atom. The topological polar surface area (TPSA) is 99.6 Å². The highest BCUT2D eigenvalue weighted by Crippen LogP contribution is 2.36. The molecule has 1 aromatic carbocycles. The molecule has 0 aliphatic carbocycles. The summed E-state index contributed by atoms with van der Waals surface area (Å²) >= 11 is 0. The van der Waals surface area contributed by atoms with E-state index in [0.29, 0.717) is 13.2 Å². The largest absolute Gasteiger partial charge is 0.497 e. The number of fused-ring (bicyclic) bond motifs is 1. The van der Waals surface area contributed by atoms with Gasteiger partial charge in [-0.05, 0) is 31.4 Å². The SMILES string of the molecule is COc1ccc2nc(CN)n(CCCCCOP(C)(=O)O)c2c1. The van der Waals surface area contributed by atoms with Crippen LogP contribution in [0.3, 0.4) is 0 Å². The maximum atomic E-state index is 11.0. The smallest absolute Gasteiger partial charge is 0.325 e. The number of nitrogens with two attached hydrogens (primary N) is 1. The third-order valence-corrected chi connectivity index (χ3v) is 4.24. The van der Waals surface area contributed by atoms with Gasteiger partial charge in [0.2, 0.25) is 0 Å². The molecule has 0 bridgehead atoms. The number of methoxy groups -OCH3 is 1. The Morgan fingerprint density at radius 3 is 2.78 bits per heavy atom. The lowest BCUT2D eigenvalue weighted by Crippen LogP contribution is -2.09. The minimum atomic E-state index is -3.36. The Morgan fingerprint density at radius 2 is 2.13 bits per heavy atom. The predicted molar refractivity (Wildman–Crippen MR) is 89.7 cm³/mol. The van der Waals surface area contributed by atoms with Crippen molar-refractivity contribution in [1.82, 2.24) is 9.55 Å². The summed E-state index contributed by atoms with van der Waals surface area (Å²) in [4.78, 5) is 13.6. The van der Waals surface area contributed by atoms with E-state index in [2.05, 4.69) is 9.55 Å². The fourth-order valence-corrected chi connectivity index (χ4v) is 2.94. The average Bonchev–Trinajstić information content (AvgIpc) is 2.86. The van der Waals surface area contributed by atoms with Gasteiger partial charge in [0.25, 0.3) is 0 Å². The lowest BCUT2D eigenvalue weighted by atomic mass is 10.2. The first-order valence-electron chi connectivity index (χ1n) is 7.62. The molecule has 1 heterocycles. The Kier molecular flexibility index (Phi) is 6.18. The molecule has 0 radical (unpaired) electrons. The van der Waals surface area contributed by atoms with Crippen molar-refractivity contribution in [3.63, 3.8) is 0 Å². The van der Waals surface area contributed by atoms with E-state index in [1.807, 2.05) is 18.2 Å². The predicted octanol–water partition coefficient (Wildman–Crippen LogP) is 2.51. The first-order chi connectivity index (χ1) is 10.9. The molecule has 2 rings (SSSR count). The molecule has 0 aliphatic rings. The number of rotatable bonds is 9. The summed E-state index contributed by atoms with van der Waals surface area (Å²) < 4.78 is 23.3. The zero-order valence-electron chi connectivity index (χ0n) is 13.6. The van der Waals surface area contributed by atoms with Crippen molar-refractivity contribution in [2.45, 2.75) is 32.4 Å². The number of aromatic nitrogens is 2. The van der Waals surface area contributed by atoms with Crippen molar-refractivity contribution in [3.8, 4) is 5.75 Å². The number of benzene rings is 1. The van der Waals surface area contributed by atoms with Crippen LogP contribution in [0.2, 0.25) is 0 Å². The van der Waals surface area contributed by atoms with E-state index in [9.17, 15) is 4.57 Å². The second-order valence-electron chi connectivity index (χ2n) is 5.44. The number of ether oxygens (including phenoxy) is 1. The van der Waals surface area contributed by atoms with Crippen LogP contribution >= 0.6 is 7.60 Å². The molecule has 0 saturated carbocycles. The molecule has 8 heteroatoms. The summed E-state index contributed by atoms with van der Waals surface area (Å²) in [7, 11) is -1.72. The van der Waals surface area contributed by atoms with Crippen LogP contribution in [0.15, 0.2) is 18.2 Å². The molecule has 23 heavy (non-hydrogen) atoms. The van der Waals surface area contributed by atoms with Gasteiger partial charge >= 0.3 is 7.60 Å². The molecular weight excluding hydrogens is 317 g/mol. The second-order valence-corrected chi connectivity index (χ2v) is 7.30. The van der Waals surface area contributed by atoms with E-state index in [4.69, 9.17) is 19.9 Å². The van der Waals surface area contributed by atoms with Crippen LogP contribution in [-0.2, 0) is 22.2 Å². The number of hydrogen-bond acceptors (Lipinski definition) is 5. The van der Waals surface area contributed by atoms with E-state index in [1.54, 1.807) is 7.11 Å². The summed E-state index contributed by atoms with van der Waals surface area (Å²) in [6, 6.07) is 5.77. The standard InChI is InChI=1S/C15H24N3O4P/c1-21-12-6-7-13-14(10-12)18(15(11-16)17-13)8-4-3-5-9-22-23(2,19)20/h6-7,10H,3-5,8-9,11,16H2,1-2H3,(H,19,20). The van der Waals surface area contributed by atoms with Gasteiger partial charge in [-0.15, -0.1) is 0 Å². The summed E-state index contributed by atoms with van der Waals surface area (Å²) in [6.07, 6.45) is 2.55. The highest BCUT2D eigenvalue weighted by Gasteiger charge is 2.11. The van der Waals surface area contributed by atoms with Crippen molar-refractivity contribution in [2.75, 3.05) is 20.4 Å². The summed E-state index contributed by atoms with van der Waals surface area (Å²) in [5, 5.41) is 0. The Labute approximate surface area is 135 Å². The molecular formula is C15H24N3O4P. The quantitative estimate of drug-likeness (QED) is 0.537. The van der Waals surface area contributed by atoms with Gasteiger partial charge in [0.15, 0.2) is 0 Å². The van der Waals surface area contributed by atoms with Crippen molar-refractivity contribution in [2.24, 2.45) is 5.73 Å². The van der Waals surface area contributed by atoms with E-state index < -0.39 is 7.60 Å². The summed E-state index contributed by atoms with van der Waals surface area (Å²) in [6.45, 7) is 2.67. The van der Waals surface area contributed by atoms with Gasteiger partial charge in [-0.3, -0.25) is 4.57 Å². The molecule has 2 aromatic rings. The molecule has 7 nitrogen and oxygen atoms in total. The zero-order valence-corrected chi connectivity index (χ0v) is 14.5. The first-order valence-corrected chi connectivity index (χ1v) is 9.65. The zero-order chi connectivity index (χ0) is 16.9. The van der Waals surface area contributed by atoms with Crippen molar-refractivity contribution in [1.29, 1.82) is 0 Å². The normalized spacial score (nSPS) is 14.1.